The van der Waals surface area contributed by atoms with Gasteiger partial charge in [0.1, 0.15) is 22.6 Å². The maximum atomic E-state index is 13.6. The molecule has 4 aromatic rings. The lowest BCUT2D eigenvalue weighted by molar-refractivity contribution is -0.140. The molecule has 210 valence electrons. The molecule has 2 N–H and O–H groups in total. The first-order chi connectivity index (χ1) is 19.1. The van der Waals surface area contributed by atoms with Crippen molar-refractivity contribution in [3.05, 3.63) is 65.7 Å². The van der Waals surface area contributed by atoms with Gasteiger partial charge in [-0.2, -0.15) is 13.2 Å². The number of carbonyl (C=O) groups excluding carboxylic acids is 1. The molecule has 0 radical (unpaired) electrons. The van der Waals surface area contributed by atoms with Crippen LogP contribution in [0.15, 0.2) is 47.1 Å². The van der Waals surface area contributed by atoms with Crippen LogP contribution in [-0.4, -0.2) is 58.1 Å². The second kappa shape index (κ2) is 10.5. The van der Waals surface area contributed by atoms with Crippen LogP contribution in [0.1, 0.15) is 53.6 Å². The first kappa shape index (κ1) is 27.5. The quantitative estimate of drug-likeness (QED) is 0.365. The van der Waals surface area contributed by atoms with Crippen molar-refractivity contribution in [2.75, 3.05) is 27.3 Å². The Hall–Kier alpha value is -4.10. The number of amides is 1. The van der Waals surface area contributed by atoms with E-state index in [-0.39, 0.29) is 34.5 Å². The third kappa shape index (κ3) is 4.86. The number of hydrogen-bond donors (Lipinski definition) is 1. The molecule has 1 saturated heterocycles. The third-order valence-corrected chi connectivity index (χ3v) is 7.05. The van der Waals surface area contributed by atoms with Gasteiger partial charge >= 0.3 is 6.18 Å². The van der Waals surface area contributed by atoms with Gasteiger partial charge in [0, 0.05) is 56.4 Å². The Morgan fingerprint density at radius 2 is 1.80 bits per heavy atom. The van der Waals surface area contributed by atoms with Crippen LogP contribution < -0.4 is 10.5 Å². The van der Waals surface area contributed by atoms with Crippen molar-refractivity contribution in [1.82, 2.24) is 24.8 Å². The molecule has 13 heteroatoms. The van der Waals surface area contributed by atoms with Gasteiger partial charge < -0.3 is 24.5 Å². The van der Waals surface area contributed by atoms with Gasteiger partial charge in [0.05, 0.1) is 13.2 Å². The van der Waals surface area contributed by atoms with Gasteiger partial charge in [-0.25, -0.2) is 19.9 Å². The van der Waals surface area contributed by atoms with E-state index >= 15 is 0 Å². The molecule has 1 aliphatic rings. The molecule has 3 aromatic heterocycles. The maximum absolute atomic E-state index is 13.6. The predicted octanol–water partition coefficient (Wildman–Crippen LogP) is 4.50. The van der Waals surface area contributed by atoms with Crippen molar-refractivity contribution in [3.8, 4) is 17.2 Å². The number of fused-ring (bicyclic) bond motifs is 1. The van der Waals surface area contributed by atoms with Gasteiger partial charge in [-0.1, -0.05) is 0 Å². The summed E-state index contributed by atoms with van der Waals surface area (Å²) in [6.07, 6.45) is -0.410. The number of alkyl halides is 3. The molecule has 1 aliphatic heterocycles. The lowest BCUT2D eigenvalue weighted by Crippen LogP contribution is -2.47. The van der Waals surface area contributed by atoms with Crippen molar-refractivity contribution in [1.29, 1.82) is 0 Å². The highest BCUT2D eigenvalue weighted by atomic mass is 19.4. The Labute approximate surface area is 227 Å². The lowest BCUT2D eigenvalue weighted by Gasteiger charge is -2.39. The molecule has 1 fully saturated rings. The molecule has 0 bridgehead atoms. The summed E-state index contributed by atoms with van der Waals surface area (Å²) in [6.45, 7) is 2.35. The summed E-state index contributed by atoms with van der Waals surface area (Å²) >= 11 is 0. The van der Waals surface area contributed by atoms with Crippen LogP contribution in [0.5, 0.6) is 5.75 Å². The topological polar surface area (TPSA) is 129 Å². The number of rotatable bonds is 6. The van der Waals surface area contributed by atoms with Crippen LogP contribution in [-0.2, 0) is 16.5 Å². The maximum Gasteiger partial charge on any atom is 0.433 e. The van der Waals surface area contributed by atoms with Crippen LogP contribution >= 0.6 is 0 Å². The number of nitrogens with zero attached hydrogens (tertiary/aromatic N) is 5. The fraction of sp³-hybridized carbons (Fsp3) is 0.370. The van der Waals surface area contributed by atoms with E-state index in [4.69, 9.17) is 19.6 Å². The number of piperidine rings is 1. The standard InChI is InChI=1S/C27H27F3N6O4/c1-15(31)22-21(24(37)36-13-9-26(39-3,10-14-36)25-32-11-4-12-33-25)35-23(40-22)17-5-7-18(38-2)20-16(17)6-8-19(34-20)27(28,29)30/h4-8,11-12,15H,9-10,13-14,31H2,1-3H3/t15-/m0/s1. The van der Waals surface area contributed by atoms with Gasteiger partial charge in [0.2, 0.25) is 5.89 Å². The normalized spacial score (nSPS) is 16.2. The number of benzene rings is 1. The summed E-state index contributed by atoms with van der Waals surface area (Å²) in [5.41, 5.74) is 4.72. The van der Waals surface area contributed by atoms with Crippen LogP contribution in [0, 0.1) is 0 Å². The van der Waals surface area contributed by atoms with Gasteiger partial charge in [-0.15, -0.1) is 0 Å². The molecule has 0 spiro atoms. The minimum Gasteiger partial charge on any atom is -0.494 e. The van der Waals surface area contributed by atoms with Crippen molar-refractivity contribution in [2.24, 2.45) is 5.73 Å². The monoisotopic (exact) mass is 556 g/mol. The van der Waals surface area contributed by atoms with E-state index in [9.17, 15) is 18.0 Å². The minimum absolute atomic E-state index is 0.0154. The first-order valence-corrected chi connectivity index (χ1v) is 12.5. The number of carbonyl (C=O) groups is 1. The van der Waals surface area contributed by atoms with Crippen molar-refractivity contribution in [3.63, 3.8) is 0 Å². The largest absolute Gasteiger partial charge is 0.494 e. The van der Waals surface area contributed by atoms with E-state index in [0.29, 0.717) is 42.7 Å². The first-order valence-electron chi connectivity index (χ1n) is 12.5. The van der Waals surface area contributed by atoms with Crippen LogP contribution in [0.2, 0.25) is 0 Å². The summed E-state index contributed by atoms with van der Waals surface area (Å²) in [7, 11) is 2.94. The molecule has 10 nitrogen and oxygen atoms in total. The van der Waals surface area contributed by atoms with Crippen molar-refractivity contribution < 1.29 is 31.9 Å². The smallest absolute Gasteiger partial charge is 0.433 e. The lowest BCUT2D eigenvalue weighted by atomic mass is 9.90. The highest BCUT2D eigenvalue weighted by Crippen LogP contribution is 2.38. The number of ether oxygens (including phenoxy) is 2. The zero-order chi connectivity index (χ0) is 28.7. The molecule has 1 aromatic carbocycles. The highest BCUT2D eigenvalue weighted by Gasteiger charge is 2.41. The summed E-state index contributed by atoms with van der Waals surface area (Å²) < 4.78 is 57.1. The summed E-state index contributed by atoms with van der Waals surface area (Å²) in [6, 6.07) is 6.26. The van der Waals surface area contributed by atoms with Gasteiger partial charge in [-0.05, 0) is 37.3 Å². The number of halogens is 3. The van der Waals surface area contributed by atoms with Gasteiger partial charge in [-0.3, -0.25) is 4.79 Å². The molecular weight excluding hydrogens is 529 g/mol. The van der Waals surface area contributed by atoms with E-state index < -0.39 is 23.5 Å². The number of aromatic nitrogens is 4. The number of pyridine rings is 1. The number of likely N-dealkylation sites (tertiary alicyclic amines) is 1. The van der Waals surface area contributed by atoms with E-state index in [2.05, 4.69) is 19.9 Å². The molecular formula is C27H27F3N6O4. The van der Waals surface area contributed by atoms with Gasteiger partial charge in [0.15, 0.2) is 17.3 Å². The zero-order valence-corrected chi connectivity index (χ0v) is 22.0. The molecule has 0 unspecified atom stereocenters. The Morgan fingerprint density at radius 1 is 1.10 bits per heavy atom. The van der Waals surface area contributed by atoms with E-state index in [1.54, 1.807) is 43.5 Å². The molecule has 1 amide bonds. The highest BCUT2D eigenvalue weighted by molar-refractivity contribution is 5.98. The van der Waals surface area contributed by atoms with Crippen molar-refractivity contribution >= 4 is 16.8 Å². The zero-order valence-electron chi connectivity index (χ0n) is 22.0. The summed E-state index contributed by atoms with van der Waals surface area (Å²) in [5, 5.41) is 0.314. The van der Waals surface area contributed by atoms with E-state index in [0.717, 1.165) is 6.07 Å². The molecule has 1 atom stereocenters. The predicted molar refractivity (Wildman–Crippen MR) is 137 cm³/mol. The van der Waals surface area contributed by atoms with Crippen LogP contribution in [0.4, 0.5) is 13.2 Å². The average molecular weight is 557 g/mol. The van der Waals surface area contributed by atoms with Gasteiger partial charge in [0.25, 0.3) is 5.91 Å². The van der Waals surface area contributed by atoms with Crippen molar-refractivity contribution in [2.45, 2.75) is 37.6 Å². The summed E-state index contributed by atoms with van der Waals surface area (Å²) in [4.78, 5) is 32.2. The molecule has 5 rings (SSSR count). The fourth-order valence-electron chi connectivity index (χ4n) is 4.88. The van der Waals surface area contributed by atoms with E-state index in [1.807, 2.05) is 0 Å². The molecule has 0 aliphatic carbocycles. The molecule has 0 saturated carbocycles. The number of oxazole rings is 1. The fourth-order valence-corrected chi connectivity index (χ4v) is 4.88. The molecule has 40 heavy (non-hydrogen) atoms. The Kier molecular flexibility index (Phi) is 7.19. The SMILES string of the molecule is COc1ccc(-c2nc(C(=O)N3CCC(OC)(c4ncccn4)CC3)c([C@H](C)N)o2)c2ccc(C(F)(F)F)nc12. The van der Waals surface area contributed by atoms with Crippen LogP contribution in [0.25, 0.3) is 22.4 Å². The average Bonchev–Trinajstić information content (AvgIpc) is 3.41. The Morgan fingerprint density at radius 3 is 2.40 bits per heavy atom. The Bertz CT molecular complexity index is 1530. The number of hydrogen-bond acceptors (Lipinski definition) is 9. The minimum atomic E-state index is -4.64. The number of nitrogens with two attached hydrogens (primary N) is 1. The van der Waals surface area contributed by atoms with Crippen LogP contribution in [0.3, 0.4) is 0 Å². The molecule has 4 heterocycles. The summed E-state index contributed by atoms with van der Waals surface area (Å²) in [5.74, 6) is 0.525. The Balaban J connectivity index is 1.49. The third-order valence-electron chi connectivity index (χ3n) is 7.05. The second-order valence-corrected chi connectivity index (χ2v) is 9.49. The number of methoxy groups -OCH3 is 2. The second-order valence-electron chi connectivity index (χ2n) is 9.49. The van der Waals surface area contributed by atoms with E-state index in [1.165, 1.54) is 19.2 Å².